The van der Waals surface area contributed by atoms with E-state index in [0.29, 0.717) is 11.8 Å². The maximum absolute atomic E-state index is 12.0. The Hall–Kier alpha value is -1.35. The fourth-order valence-corrected chi connectivity index (χ4v) is 2.38. The van der Waals surface area contributed by atoms with Crippen LogP contribution in [0.25, 0.3) is 0 Å². The topological polar surface area (TPSA) is 41.1 Å². The molecule has 2 N–H and O–H groups in total. The molecule has 2 rings (SSSR count). The van der Waals surface area contributed by atoms with E-state index in [9.17, 15) is 4.79 Å². The lowest BCUT2D eigenvalue weighted by molar-refractivity contribution is -0.122. The maximum atomic E-state index is 12.0. The molecule has 1 saturated carbocycles. The molecule has 98 valence electrons. The molecule has 1 aliphatic carbocycles. The first-order valence-electron chi connectivity index (χ1n) is 6.69. The van der Waals surface area contributed by atoms with Crippen molar-refractivity contribution in [1.29, 1.82) is 0 Å². The van der Waals surface area contributed by atoms with E-state index in [1.165, 1.54) is 5.56 Å². The van der Waals surface area contributed by atoms with Crippen molar-refractivity contribution < 1.29 is 4.79 Å². The molecule has 3 nitrogen and oxygen atoms in total. The zero-order valence-corrected chi connectivity index (χ0v) is 11.1. The Kier molecular flexibility index (Phi) is 4.37. The third kappa shape index (κ3) is 3.33. The summed E-state index contributed by atoms with van der Waals surface area (Å²) in [6.45, 7) is 3.84. The van der Waals surface area contributed by atoms with E-state index in [1.54, 1.807) is 0 Å². The van der Waals surface area contributed by atoms with Crippen molar-refractivity contribution in [3.05, 3.63) is 35.9 Å². The molecular weight excluding hydrogens is 224 g/mol. The molecule has 18 heavy (non-hydrogen) atoms. The van der Waals surface area contributed by atoms with Gasteiger partial charge in [0, 0.05) is 12.5 Å². The van der Waals surface area contributed by atoms with Gasteiger partial charge in [-0.15, -0.1) is 0 Å². The summed E-state index contributed by atoms with van der Waals surface area (Å²) in [6.07, 6.45) is 0.996. The van der Waals surface area contributed by atoms with Crippen molar-refractivity contribution in [1.82, 2.24) is 10.6 Å². The molecule has 0 aromatic heterocycles. The van der Waals surface area contributed by atoms with Gasteiger partial charge in [0.2, 0.25) is 5.91 Å². The number of carbonyl (C=O) groups excluding carboxylic acids is 1. The summed E-state index contributed by atoms with van der Waals surface area (Å²) in [6, 6.07) is 10.3. The van der Waals surface area contributed by atoms with Gasteiger partial charge in [-0.3, -0.25) is 4.79 Å². The van der Waals surface area contributed by atoms with Crippen molar-refractivity contribution in [2.45, 2.75) is 19.3 Å². The molecule has 1 aliphatic rings. The van der Waals surface area contributed by atoms with E-state index in [1.807, 2.05) is 25.2 Å². The van der Waals surface area contributed by atoms with Gasteiger partial charge < -0.3 is 10.6 Å². The van der Waals surface area contributed by atoms with Gasteiger partial charge in [0.1, 0.15) is 0 Å². The molecule has 1 aromatic rings. The van der Waals surface area contributed by atoms with E-state index in [4.69, 9.17) is 0 Å². The molecule has 0 heterocycles. The van der Waals surface area contributed by atoms with Crippen LogP contribution >= 0.6 is 0 Å². The van der Waals surface area contributed by atoms with Crippen LogP contribution in [0.4, 0.5) is 0 Å². The van der Waals surface area contributed by atoms with Gasteiger partial charge in [-0.2, -0.15) is 0 Å². The Labute approximate surface area is 109 Å². The third-order valence-electron chi connectivity index (χ3n) is 3.53. The summed E-state index contributed by atoms with van der Waals surface area (Å²) >= 11 is 0. The second kappa shape index (κ2) is 6.01. The van der Waals surface area contributed by atoms with Crippen molar-refractivity contribution in [3.63, 3.8) is 0 Å². The van der Waals surface area contributed by atoms with Crippen LogP contribution < -0.4 is 10.6 Å². The molecule has 3 heteroatoms. The molecule has 1 amide bonds. The van der Waals surface area contributed by atoms with Crippen LogP contribution in [0.1, 0.15) is 24.8 Å². The van der Waals surface area contributed by atoms with E-state index in [0.717, 1.165) is 19.5 Å². The van der Waals surface area contributed by atoms with E-state index >= 15 is 0 Å². The Morgan fingerprint density at radius 1 is 1.33 bits per heavy atom. The van der Waals surface area contributed by atoms with Gasteiger partial charge in [-0.25, -0.2) is 0 Å². The number of hydrogen-bond acceptors (Lipinski definition) is 2. The van der Waals surface area contributed by atoms with Gasteiger partial charge in [-0.1, -0.05) is 37.3 Å². The lowest BCUT2D eigenvalue weighted by atomic mass is 10.1. The first-order valence-corrected chi connectivity index (χ1v) is 6.69. The van der Waals surface area contributed by atoms with Crippen molar-refractivity contribution in [2.75, 3.05) is 20.1 Å². The van der Waals surface area contributed by atoms with E-state index in [-0.39, 0.29) is 11.8 Å². The SMILES string of the molecule is CNCC(C)CNC(=O)C1CC1c1ccccc1. The minimum atomic E-state index is 0.189. The highest BCUT2D eigenvalue weighted by atomic mass is 16.2. The first-order chi connectivity index (χ1) is 8.72. The number of hydrogen-bond donors (Lipinski definition) is 2. The molecular formula is C15H22N2O. The summed E-state index contributed by atoms with van der Waals surface area (Å²) in [5.74, 6) is 1.32. The molecule has 0 radical (unpaired) electrons. The Bertz CT molecular complexity index is 391. The monoisotopic (exact) mass is 246 g/mol. The number of carbonyl (C=O) groups is 1. The Morgan fingerprint density at radius 2 is 2.06 bits per heavy atom. The molecule has 0 spiro atoms. The number of amides is 1. The number of rotatable bonds is 6. The van der Waals surface area contributed by atoms with Crippen molar-refractivity contribution in [2.24, 2.45) is 11.8 Å². The quantitative estimate of drug-likeness (QED) is 0.803. The van der Waals surface area contributed by atoms with Crippen LogP contribution in [-0.4, -0.2) is 26.0 Å². The predicted octanol–water partition coefficient (Wildman–Crippen LogP) is 1.76. The predicted molar refractivity (Wildman–Crippen MR) is 73.4 cm³/mol. The maximum Gasteiger partial charge on any atom is 0.223 e. The summed E-state index contributed by atoms with van der Waals surface area (Å²) in [5, 5.41) is 6.17. The fourth-order valence-electron chi connectivity index (χ4n) is 2.38. The highest BCUT2D eigenvalue weighted by Crippen LogP contribution is 2.47. The zero-order valence-electron chi connectivity index (χ0n) is 11.1. The molecule has 1 aromatic carbocycles. The van der Waals surface area contributed by atoms with Gasteiger partial charge in [0.05, 0.1) is 0 Å². The van der Waals surface area contributed by atoms with Gasteiger partial charge in [0.15, 0.2) is 0 Å². The normalized spacial score (nSPS) is 23.4. The summed E-state index contributed by atoms with van der Waals surface area (Å²) in [4.78, 5) is 12.0. The van der Waals surface area contributed by atoms with Crippen LogP contribution in [0.5, 0.6) is 0 Å². The molecule has 0 bridgehead atoms. The highest BCUT2D eigenvalue weighted by molar-refractivity contribution is 5.82. The molecule has 0 saturated heterocycles. The molecule has 1 fully saturated rings. The first kappa shape index (κ1) is 13.1. The molecule has 3 atom stereocenters. The van der Waals surface area contributed by atoms with Gasteiger partial charge in [-0.05, 0) is 37.4 Å². The zero-order chi connectivity index (χ0) is 13.0. The smallest absolute Gasteiger partial charge is 0.223 e. The average molecular weight is 246 g/mol. The summed E-state index contributed by atoms with van der Waals surface area (Å²) < 4.78 is 0. The second-order valence-electron chi connectivity index (χ2n) is 5.27. The number of benzene rings is 1. The third-order valence-corrected chi connectivity index (χ3v) is 3.53. The minimum absolute atomic E-state index is 0.189. The minimum Gasteiger partial charge on any atom is -0.356 e. The van der Waals surface area contributed by atoms with E-state index in [2.05, 4.69) is 29.7 Å². The van der Waals surface area contributed by atoms with Crippen LogP contribution in [-0.2, 0) is 4.79 Å². The largest absolute Gasteiger partial charge is 0.356 e. The Balaban J connectivity index is 1.76. The fraction of sp³-hybridized carbons (Fsp3) is 0.533. The average Bonchev–Trinajstić information content (AvgIpc) is 3.18. The lowest BCUT2D eigenvalue weighted by Gasteiger charge is -2.11. The van der Waals surface area contributed by atoms with Crippen molar-refractivity contribution in [3.8, 4) is 0 Å². The number of nitrogens with one attached hydrogen (secondary N) is 2. The summed E-state index contributed by atoms with van der Waals surface area (Å²) in [7, 11) is 1.94. The van der Waals surface area contributed by atoms with Crippen LogP contribution in [0.3, 0.4) is 0 Å². The van der Waals surface area contributed by atoms with Crippen LogP contribution in [0, 0.1) is 11.8 Å². The second-order valence-corrected chi connectivity index (χ2v) is 5.27. The van der Waals surface area contributed by atoms with Gasteiger partial charge in [0.25, 0.3) is 0 Å². The van der Waals surface area contributed by atoms with Crippen LogP contribution in [0.2, 0.25) is 0 Å². The molecule has 0 aliphatic heterocycles. The van der Waals surface area contributed by atoms with E-state index < -0.39 is 0 Å². The summed E-state index contributed by atoms with van der Waals surface area (Å²) in [5.41, 5.74) is 1.29. The molecule has 3 unspecified atom stereocenters. The standard InChI is InChI=1S/C15H22N2O/c1-11(9-16-2)10-17-15(18)14-8-13(14)12-6-4-3-5-7-12/h3-7,11,13-14,16H,8-10H2,1-2H3,(H,17,18). The Morgan fingerprint density at radius 3 is 2.72 bits per heavy atom. The lowest BCUT2D eigenvalue weighted by Crippen LogP contribution is -2.33. The highest BCUT2D eigenvalue weighted by Gasteiger charge is 2.43. The van der Waals surface area contributed by atoms with Gasteiger partial charge >= 0.3 is 0 Å². The van der Waals surface area contributed by atoms with Crippen molar-refractivity contribution >= 4 is 5.91 Å². The van der Waals surface area contributed by atoms with Crippen LogP contribution in [0.15, 0.2) is 30.3 Å².